The molecule has 152 valence electrons. The first-order chi connectivity index (χ1) is 13.9. The molecule has 0 spiro atoms. The molecule has 0 aliphatic heterocycles. The zero-order chi connectivity index (χ0) is 21.2. The standard InChI is InChI=1S/C22H24N2O5/c1-4-28-19-12-10-18(11-13-19)24-21(26)15(2)29-22(27)20(23-16(3)25)14-17-8-6-5-7-9-17/h5-15H,4H2,1-3H3,(H,23,25)(H,24,26)/b20-14-/t15-/m1/s1. The summed E-state index contributed by atoms with van der Waals surface area (Å²) in [6.07, 6.45) is 0.419. The van der Waals surface area contributed by atoms with Gasteiger partial charge in [-0.3, -0.25) is 9.59 Å². The van der Waals surface area contributed by atoms with Crippen LogP contribution in [0.5, 0.6) is 5.75 Å². The van der Waals surface area contributed by atoms with Crippen LogP contribution in [0.4, 0.5) is 5.69 Å². The molecular weight excluding hydrogens is 372 g/mol. The summed E-state index contributed by atoms with van der Waals surface area (Å²) in [5, 5.41) is 5.11. The second-order valence-corrected chi connectivity index (χ2v) is 6.14. The van der Waals surface area contributed by atoms with Crippen LogP contribution < -0.4 is 15.4 Å². The third kappa shape index (κ3) is 7.14. The molecule has 0 unspecified atom stereocenters. The summed E-state index contributed by atoms with van der Waals surface area (Å²) in [5.41, 5.74) is 1.20. The Morgan fingerprint density at radius 3 is 2.28 bits per heavy atom. The van der Waals surface area contributed by atoms with Gasteiger partial charge in [0, 0.05) is 12.6 Å². The Balaban J connectivity index is 2.03. The second-order valence-electron chi connectivity index (χ2n) is 6.14. The fourth-order valence-corrected chi connectivity index (χ4v) is 2.37. The number of benzene rings is 2. The van der Waals surface area contributed by atoms with Gasteiger partial charge in [0.15, 0.2) is 6.10 Å². The van der Waals surface area contributed by atoms with Crippen LogP contribution >= 0.6 is 0 Å². The topological polar surface area (TPSA) is 93.7 Å². The quantitative estimate of drug-likeness (QED) is 0.528. The van der Waals surface area contributed by atoms with Crippen LogP contribution in [0.2, 0.25) is 0 Å². The van der Waals surface area contributed by atoms with Crippen molar-refractivity contribution in [1.82, 2.24) is 5.32 Å². The average Bonchev–Trinajstić information content (AvgIpc) is 2.69. The minimum Gasteiger partial charge on any atom is -0.494 e. The Morgan fingerprint density at radius 1 is 1.03 bits per heavy atom. The van der Waals surface area contributed by atoms with E-state index in [2.05, 4.69) is 10.6 Å². The van der Waals surface area contributed by atoms with Crippen LogP contribution in [0.25, 0.3) is 6.08 Å². The normalized spacial score (nSPS) is 11.9. The zero-order valence-electron chi connectivity index (χ0n) is 16.6. The molecule has 2 rings (SSSR count). The number of rotatable bonds is 8. The third-order valence-corrected chi connectivity index (χ3v) is 3.73. The minimum absolute atomic E-state index is 0.0515. The van der Waals surface area contributed by atoms with E-state index in [9.17, 15) is 14.4 Å². The van der Waals surface area contributed by atoms with E-state index in [4.69, 9.17) is 9.47 Å². The van der Waals surface area contributed by atoms with E-state index >= 15 is 0 Å². The van der Waals surface area contributed by atoms with Crippen LogP contribution in [-0.4, -0.2) is 30.5 Å². The van der Waals surface area contributed by atoms with Gasteiger partial charge < -0.3 is 20.1 Å². The maximum atomic E-state index is 12.5. The summed E-state index contributed by atoms with van der Waals surface area (Å²) in [7, 11) is 0. The number of hydrogen-bond acceptors (Lipinski definition) is 5. The number of carbonyl (C=O) groups excluding carboxylic acids is 3. The fraction of sp³-hybridized carbons (Fsp3) is 0.227. The van der Waals surface area contributed by atoms with Gasteiger partial charge in [-0.15, -0.1) is 0 Å². The van der Waals surface area contributed by atoms with Gasteiger partial charge in [0.05, 0.1) is 6.61 Å². The van der Waals surface area contributed by atoms with Crippen LogP contribution in [0.15, 0.2) is 60.3 Å². The predicted octanol–water partition coefficient (Wildman–Crippen LogP) is 3.13. The second kappa shape index (κ2) is 10.7. The molecule has 0 heterocycles. The highest BCUT2D eigenvalue weighted by Gasteiger charge is 2.21. The lowest BCUT2D eigenvalue weighted by Crippen LogP contribution is -2.33. The van der Waals surface area contributed by atoms with Gasteiger partial charge in [0.1, 0.15) is 11.4 Å². The molecule has 1 atom stereocenters. The van der Waals surface area contributed by atoms with Gasteiger partial charge in [-0.05, 0) is 49.8 Å². The van der Waals surface area contributed by atoms with Crippen molar-refractivity contribution in [3.63, 3.8) is 0 Å². The van der Waals surface area contributed by atoms with Gasteiger partial charge in [-0.1, -0.05) is 30.3 Å². The Bertz CT molecular complexity index is 876. The molecule has 2 aromatic carbocycles. The van der Waals surface area contributed by atoms with Gasteiger partial charge >= 0.3 is 5.97 Å². The van der Waals surface area contributed by atoms with Gasteiger partial charge in [-0.25, -0.2) is 4.79 Å². The monoisotopic (exact) mass is 396 g/mol. The molecule has 0 saturated carbocycles. The van der Waals surface area contributed by atoms with Crippen molar-refractivity contribution in [2.75, 3.05) is 11.9 Å². The largest absolute Gasteiger partial charge is 0.494 e. The van der Waals surface area contributed by atoms with E-state index < -0.39 is 23.9 Å². The van der Waals surface area contributed by atoms with E-state index in [-0.39, 0.29) is 5.70 Å². The number of anilines is 1. The number of esters is 1. The molecule has 2 amide bonds. The Morgan fingerprint density at radius 2 is 1.69 bits per heavy atom. The summed E-state index contributed by atoms with van der Waals surface area (Å²) in [6, 6.07) is 15.8. The first-order valence-electron chi connectivity index (χ1n) is 9.18. The molecule has 2 aromatic rings. The summed E-state index contributed by atoms with van der Waals surface area (Å²) in [5.74, 6) is -1.03. The molecule has 29 heavy (non-hydrogen) atoms. The van der Waals surface area contributed by atoms with E-state index in [0.29, 0.717) is 23.6 Å². The first kappa shape index (κ1) is 21.7. The molecule has 0 aromatic heterocycles. The number of nitrogens with one attached hydrogen (secondary N) is 2. The summed E-state index contributed by atoms with van der Waals surface area (Å²) in [6.45, 7) is 5.17. The molecule has 7 heteroatoms. The van der Waals surface area contributed by atoms with E-state index in [1.165, 1.54) is 19.9 Å². The molecule has 7 nitrogen and oxygen atoms in total. The lowest BCUT2D eigenvalue weighted by Gasteiger charge is -2.15. The van der Waals surface area contributed by atoms with Gasteiger partial charge in [-0.2, -0.15) is 0 Å². The number of hydrogen-bond donors (Lipinski definition) is 2. The lowest BCUT2D eigenvalue weighted by atomic mass is 10.2. The molecule has 0 aliphatic rings. The predicted molar refractivity (Wildman–Crippen MR) is 110 cm³/mol. The van der Waals surface area contributed by atoms with Crippen LogP contribution in [-0.2, 0) is 19.1 Å². The van der Waals surface area contributed by atoms with Crippen molar-refractivity contribution in [1.29, 1.82) is 0 Å². The van der Waals surface area contributed by atoms with Crippen molar-refractivity contribution < 1.29 is 23.9 Å². The summed E-state index contributed by atoms with van der Waals surface area (Å²) < 4.78 is 10.6. The van der Waals surface area contributed by atoms with E-state index in [1.54, 1.807) is 48.5 Å². The molecule has 0 bridgehead atoms. The van der Waals surface area contributed by atoms with Gasteiger partial charge in [0.25, 0.3) is 5.91 Å². The van der Waals surface area contributed by atoms with Crippen molar-refractivity contribution in [2.45, 2.75) is 26.9 Å². The van der Waals surface area contributed by atoms with Crippen LogP contribution in [0, 0.1) is 0 Å². The van der Waals surface area contributed by atoms with Crippen molar-refractivity contribution in [3.05, 3.63) is 65.9 Å². The Kier molecular flexibility index (Phi) is 7.97. The third-order valence-electron chi connectivity index (χ3n) is 3.73. The van der Waals surface area contributed by atoms with Crippen molar-refractivity contribution in [2.24, 2.45) is 0 Å². The molecular formula is C22H24N2O5. The molecule has 0 aliphatic carbocycles. The number of amides is 2. The summed E-state index contributed by atoms with van der Waals surface area (Å²) >= 11 is 0. The Labute approximate surface area is 169 Å². The average molecular weight is 396 g/mol. The van der Waals surface area contributed by atoms with Crippen molar-refractivity contribution >= 4 is 29.5 Å². The first-order valence-corrected chi connectivity index (χ1v) is 9.18. The van der Waals surface area contributed by atoms with E-state index in [1.807, 2.05) is 13.0 Å². The smallest absolute Gasteiger partial charge is 0.355 e. The highest BCUT2D eigenvalue weighted by atomic mass is 16.5. The van der Waals surface area contributed by atoms with Gasteiger partial charge in [0.2, 0.25) is 5.91 Å². The van der Waals surface area contributed by atoms with Crippen LogP contribution in [0.1, 0.15) is 26.3 Å². The van der Waals surface area contributed by atoms with E-state index in [0.717, 1.165) is 0 Å². The molecule has 0 saturated heterocycles. The highest BCUT2D eigenvalue weighted by Crippen LogP contribution is 2.16. The SMILES string of the molecule is CCOc1ccc(NC(=O)[C@@H](C)OC(=O)/C(=C/c2ccccc2)NC(C)=O)cc1. The maximum absolute atomic E-state index is 12.5. The van der Waals surface area contributed by atoms with Crippen molar-refractivity contribution in [3.8, 4) is 5.75 Å². The number of ether oxygens (including phenoxy) is 2. The fourth-order valence-electron chi connectivity index (χ4n) is 2.37. The minimum atomic E-state index is -1.07. The summed E-state index contributed by atoms with van der Waals surface area (Å²) in [4.78, 5) is 36.2. The maximum Gasteiger partial charge on any atom is 0.355 e. The zero-order valence-corrected chi connectivity index (χ0v) is 16.6. The van der Waals surface area contributed by atoms with Crippen LogP contribution in [0.3, 0.4) is 0 Å². The molecule has 0 fully saturated rings. The lowest BCUT2D eigenvalue weighted by molar-refractivity contribution is -0.149. The highest BCUT2D eigenvalue weighted by molar-refractivity contribution is 6.00. The molecule has 2 N–H and O–H groups in total. The molecule has 0 radical (unpaired) electrons. The number of carbonyl (C=O) groups is 3. The Hall–Kier alpha value is -3.61.